The highest BCUT2D eigenvalue weighted by Crippen LogP contribution is 2.21. The monoisotopic (exact) mass is 422 g/mol. The molecule has 6 nitrogen and oxygen atoms in total. The molecule has 0 aliphatic carbocycles. The lowest BCUT2D eigenvalue weighted by Crippen LogP contribution is -2.48. The summed E-state index contributed by atoms with van der Waals surface area (Å²) in [4.78, 5) is 18.2. The molecule has 0 bridgehead atoms. The summed E-state index contributed by atoms with van der Waals surface area (Å²) in [6, 6.07) is 13.2. The average Bonchev–Trinajstić information content (AvgIpc) is 2.74. The number of halogens is 1. The Morgan fingerprint density at radius 3 is 2.93 bits per heavy atom. The third kappa shape index (κ3) is 6.58. The van der Waals surface area contributed by atoms with Gasteiger partial charge in [-0.2, -0.15) is 0 Å². The quantitative estimate of drug-likeness (QED) is 0.457. The number of carbonyl (C=O) groups is 1. The molecule has 0 saturated carbocycles. The van der Waals surface area contributed by atoms with Gasteiger partial charge in [0.1, 0.15) is 18.5 Å². The maximum atomic E-state index is 12.4. The van der Waals surface area contributed by atoms with Crippen molar-refractivity contribution in [3.05, 3.63) is 53.8 Å². The van der Waals surface area contributed by atoms with Gasteiger partial charge in [0.25, 0.3) is 0 Å². The van der Waals surface area contributed by atoms with E-state index < -0.39 is 0 Å². The van der Waals surface area contributed by atoms with Gasteiger partial charge < -0.3 is 19.1 Å². The van der Waals surface area contributed by atoms with Crippen LogP contribution in [0.5, 0.6) is 11.5 Å². The van der Waals surface area contributed by atoms with Gasteiger partial charge in [-0.3, -0.25) is 4.79 Å². The minimum Gasteiger partial charge on any atom is -0.493 e. The number of morpholine rings is 1. The van der Waals surface area contributed by atoms with Gasteiger partial charge in [0.2, 0.25) is 5.91 Å². The van der Waals surface area contributed by atoms with Crippen LogP contribution < -0.4 is 9.47 Å². The molecule has 28 heavy (non-hydrogen) atoms. The lowest BCUT2D eigenvalue weighted by molar-refractivity contribution is -0.137. The number of aromatic nitrogens is 1. The van der Waals surface area contributed by atoms with Crippen LogP contribution in [0.15, 0.2) is 48.7 Å². The molecular weight excluding hydrogens is 400 g/mol. The fourth-order valence-electron chi connectivity index (χ4n) is 2.69. The Bertz CT molecular complexity index is 750. The highest BCUT2D eigenvalue weighted by atomic mass is 35.5. The number of hydrogen-bond acceptors (Lipinski definition) is 6. The summed E-state index contributed by atoms with van der Waals surface area (Å²) in [6.07, 6.45) is 1.43. The van der Waals surface area contributed by atoms with Crippen LogP contribution in [0.3, 0.4) is 0 Å². The molecule has 1 aliphatic rings. The number of nitrogens with zero attached hydrogens (tertiary/aromatic N) is 2. The van der Waals surface area contributed by atoms with Crippen molar-refractivity contribution in [3.8, 4) is 11.5 Å². The summed E-state index contributed by atoms with van der Waals surface area (Å²) in [5.41, 5.74) is 0. The Morgan fingerprint density at radius 2 is 2.11 bits per heavy atom. The standard InChI is InChI=1S/C20H23ClN2O4S/c21-20-18(7-4-8-22-20)27-14-17-13-23(9-10-25-17)19(24)15-28-12-11-26-16-5-2-1-3-6-16/h1-8,17H,9-15H2. The number of carbonyl (C=O) groups excluding carboxylic acids is 1. The number of rotatable bonds is 9. The van der Waals surface area contributed by atoms with Gasteiger partial charge >= 0.3 is 0 Å². The molecule has 1 fully saturated rings. The van der Waals surface area contributed by atoms with Crippen LogP contribution >= 0.6 is 23.4 Å². The van der Waals surface area contributed by atoms with Gasteiger partial charge in [-0.1, -0.05) is 29.8 Å². The third-order valence-corrected chi connectivity index (χ3v) is 5.30. The third-order valence-electron chi connectivity index (χ3n) is 4.11. The zero-order valence-corrected chi connectivity index (χ0v) is 17.0. The van der Waals surface area contributed by atoms with Gasteiger partial charge in [-0.05, 0) is 24.3 Å². The van der Waals surface area contributed by atoms with Crippen LogP contribution in [-0.4, -0.2) is 66.3 Å². The lowest BCUT2D eigenvalue weighted by atomic mass is 10.3. The van der Waals surface area contributed by atoms with Gasteiger partial charge in [0.15, 0.2) is 10.9 Å². The minimum atomic E-state index is -0.180. The van der Waals surface area contributed by atoms with E-state index in [0.717, 1.165) is 11.5 Å². The van der Waals surface area contributed by atoms with Crippen LogP contribution in [0.25, 0.3) is 0 Å². The van der Waals surface area contributed by atoms with E-state index in [4.69, 9.17) is 25.8 Å². The first-order valence-corrected chi connectivity index (χ1v) is 10.6. The smallest absolute Gasteiger partial charge is 0.232 e. The molecule has 8 heteroatoms. The molecule has 1 aromatic heterocycles. The van der Waals surface area contributed by atoms with Crippen molar-refractivity contribution in [2.45, 2.75) is 6.10 Å². The predicted molar refractivity (Wildman–Crippen MR) is 110 cm³/mol. The zero-order chi connectivity index (χ0) is 19.6. The van der Waals surface area contributed by atoms with E-state index in [0.29, 0.717) is 49.6 Å². The number of ether oxygens (including phenoxy) is 3. The summed E-state index contributed by atoms with van der Waals surface area (Å²) in [5.74, 6) is 2.67. The van der Waals surface area contributed by atoms with Crippen molar-refractivity contribution in [1.29, 1.82) is 0 Å². The Labute approximate surface area is 174 Å². The normalized spacial score (nSPS) is 16.6. The fourth-order valence-corrected chi connectivity index (χ4v) is 3.57. The Balaban J connectivity index is 1.34. The molecule has 0 radical (unpaired) electrons. The second kappa shape index (κ2) is 11.1. The van der Waals surface area contributed by atoms with Crippen molar-refractivity contribution >= 4 is 29.3 Å². The molecule has 1 atom stereocenters. The molecule has 1 saturated heterocycles. The van der Waals surface area contributed by atoms with Crippen molar-refractivity contribution in [2.75, 3.05) is 44.4 Å². The lowest BCUT2D eigenvalue weighted by Gasteiger charge is -2.32. The molecule has 1 amide bonds. The van der Waals surface area contributed by atoms with Crippen molar-refractivity contribution in [3.63, 3.8) is 0 Å². The maximum absolute atomic E-state index is 12.4. The first kappa shape index (κ1) is 20.8. The number of pyridine rings is 1. The second-order valence-corrected chi connectivity index (χ2v) is 7.61. The van der Waals surface area contributed by atoms with Crippen LogP contribution in [0.1, 0.15) is 0 Å². The fraction of sp³-hybridized carbons (Fsp3) is 0.400. The van der Waals surface area contributed by atoms with E-state index in [2.05, 4.69) is 4.98 Å². The van der Waals surface area contributed by atoms with Crippen LogP contribution in [0.2, 0.25) is 5.15 Å². The molecule has 150 valence electrons. The summed E-state index contributed by atoms with van der Waals surface area (Å²) < 4.78 is 17.0. The zero-order valence-electron chi connectivity index (χ0n) is 15.5. The van der Waals surface area contributed by atoms with Crippen molar-refractivity contribution < 1.29 is 19.0 Å². The number of thioether (sulfide) groups is 1. The van der Waals surface area contributed by atoms with E-state index >= 15 is 0 Å². The molecule has 1 aromatic carbocycles. The van der Waals surface area contributed by atoms with Gasteiger partial charge in [-0.25, -0.2) is 4.98 Å². The number of benzene rings is 1. The van der Waals surface area contributed by atoms with E-state index in [1.165, 1.54) is 0 Å². The molecule has 0 N–H and O–H groups in total. The summed E-state index contributed by atoms with van der Waals surface area (Å²) in [6.45, 7) is 2.52. The maximum Gasteiger partial charge on any atom is 0.232 e. The molecule has 1 aliphatic heterocycles. The minimum absolute atomic E-state index is 0.109. The molecular formula is C20H23ClN2O4S. The molecule has 1 unspecified atom stereocenters. The summed E-state index contributed by atoms with van der Waals surface area (Å²) in [7, 11) is 0. The van der Waals surface area contributed by atoms with Crippen molar-refractivity contribution in [2.24, 2.45) is 0 Å². The molecule has 2 aromatic rings. The SMILES string of the molecule is O=C(CSCCOc1ccccc1)N1CCOC(COc2cccnc2Cl)C1. The highest BCUT2D eigenvalue weighted by Gasteiger charge is 2.24. The first-order valence-electron chi connectivity index (χ1n) is 9.10. The Hall–Kier alpha value is -1.96. The van der Waals surface area contributed by atoms with Gasteiger partial charge in [-0.15, -0.1) is 11.8 Å². The number of hydrogen-bond donors (Lipinski definition) is 0. The van der Waals surface area contributed by atoms with Crippen molar-refractivity contribution in [1.82, 2.24) is 9.88 Å². The largest absolute Gasteiger partial charge is 0.493 e. The molecule has 2 heterocycles. The van der Waals surface area contributed by atoms with E-state index in [1.54, 1.807) is 30.1 Å². The average molecular weight is 423 g/mol. The predicted octanol–water partition coefficient (Wildman–Crippen LogP) is 3.15. The topological polar surface area (TPSA) is 60.9 Å². The van der Waals surface area contributed by atoms with E-state index in [9.17, 15) is 4.79 Å². The second-order valence-electron chi connectivity index (χ2n) is 6.15. The number of para-hydroxylation sites is 1. The summed E-state index contributed by atoms with van der Waals surface area (Å²) in [5, 5.41) is 0.320. The number of amides is 1. The summed E-state index contributed by atoms with van der Waals surface area (Å²) >= 11 is 7.56. The van der Waals surface area contributed by atoms with Crippen LogP contribution in [0, 0.1) is 0 Å². The highest BCUT2D eigenvalue weighted by molar-refractivity contribution is 7.99. The van der Waals surface area contributed by atoms with E-state index in [-0.39, 0.29) is 12.0 Å². The first-order chi connectivity index (χ1) is 13.7. The van der Waals surface area contributed by atoms with Crippen LogP contribution in [-0.2, 0) is 9.53 Å². The van der Waals surface area contributed by atoms with Gasteiger partial charge in [0.05, 0.1) is 25.5 Å². The molecule has 0 spiro atoms. The Morgan fingerprint density at radius 1 is 1.25 bits per heavy atom. The van der Waals surface area contributed by atoms with Crippen LogP contribution in [0.4, 0.5) is 0 Å². The van der Waals surface area contributed by atoms with E-state index in [1.807, 2.05) is 35.2 Å². The van der Waals surface area contributed by atoms with Gasteiger partial charge in [0, 0.05) is 18.5 Å². The Kier molecular flexibility index (Phi) is 8.26. The molecule has 3 rings (SSSR count).